The third kappa shape index (κ3) is 5.80. The van der Waals surface area contributed by atoms with Crippen molar-refractivity contribution in [3.8, 4) is 0 Å². The van der Waals surface area contributed by atoms with Crippen molar-refractivity contribution in [2.75, 3.05) is 0 Å². The van der Waals surface area contributed by atoms with Gasteiger partial charge in [-0.05, 0) is 32.1 Å². The molecule has 5 nitrogen and oxygen atoms in total. The van der Waals surface area contributed by atoms with Crippen LogP contribution < -0.4 is 10.6 Å². The zero-order valence-corrected chi connectivity index (χ0v) is 12.7. The maximum Gasteiger partial charge on any atom is 0.326 e. The molecule has 1 fully saturated rings. The van der Waals surface area contributed by atoms with Gasteiger partial charge < -0.3 is 15.7 Å². The number of urea groups is 1. The summed E-state index contributed by atoms with van der Waals surface area (Å²) in [5.74, 6) is -0.438. The molecule has 2 atom stereocenters. The predicted octanol–water partition coefficient (Wildman–Crippen LogP) is 2.90. The monoisotopic (exact) mass is 284 g/mol. The first-order chi connectivity index (χ1) is 9.54. The van der Waals surface area contributed by atoms with E-state index in [9.17, 15) is 9.59 Å². The van der Waals surface area contributed by atoms with E-state index in [0.717, 1.165) is 25.7 Å². The molecule has 1 rings (SSSR count). The molecule has 0 saturated heterocycles. The van der Waals surface area contributed by atoms with Crippen LogP contribution in [0, 0.1) is 5.92 Å². The van der Waals surface area contributed by atoms with Crippen molar-refractivity contribution in [3.05, 3.63) is 0 Å². The molecule has 0 aliphatic heterocycles. The van der Waals surface area contributed by atoms with Gasteiger partial charge in [0.1, 0.15) is 6.04 Å². The fourth-order valence-electron chi connectivity index (χ4n) is 2.82. The molecule has 2 amide bonds. The van der Waals surface area contributed by atoms with E-state index in [1.165, 1.54) is 19.3 Å². The van der Waals surface area contributed by atoms with Crippen LogP contribution in [0.2, 0.25) is 0 Å². The van der Waals surface area contributed by atoms with Crippen LogP contribution in [-0.4, -0.2) is 29.2 Å². The topological polar surface area (TPSA) is 78.4 Å². The molecule has 0 aromatic carbocycles. The van der Waals surface area contributed by atoms with Gasteiger partial charge >= 0.3 is 12.0 Å². The molecule has 3 N–H and O–H groups in total. The minimum Gasteiger partial charge on any atom is -0.480 e. The Labute approximate surface area is 121 Å². The summed E-state index contributed by atoms with van der Waals surface area (Å²) in [6.45, 7) is 4.02. The number of hydrogen-bond donors (Lipinski definition) is 3. The highest BCUT2D eigenvalue weighted by Gasteiger charge is 2.24. The van der Waals surface area contributed by atoms with E-state index >= 15 is 0 Å². The summed E-state index contributed by atoms with van der Waals surface area (Å²) in [4.78, 5) is 23.0. The molecule has 2 unspecified atom stereocenters. The Morgan fingerprint density at radius 3 is 2.40 bits per heavy atom. The van der Waals surface area contributed by atoms with Crippen molar-refractivity contribution in [3.63, 3.8) is 0 Å². The first-order valence-corrected chi connectivity index (χ1v) is 7.84. The number of carboxylic acids is 1. The van der Waals surface area contributed by atoms with Gasteiger partial charge in [0.15, 0.2) is 0 Å². The summed E-state index contributed by atoms with van der Waals surface area (Å²) in [6.07, 6.45) is 8.25. The van der Waals surface area contributed by atoms with Crippen LogP contribution >= 0.6 is 0 Å². The number of nitrogens with one attached hydrogen (secondary N) is 2. The molecule has 0 aromatic heterocycles. The van der Waals surface area contributed by atoms with Crippen LogP contribution in [0.25, 0.3) is 0 Å². The molecule has 0 aromatic rings. The molecule has 5 heteroatoms. The summed E-state index contributed by atoms with van der Waals surface area (Å²) in [7, 11) is 0. The predicted molar refractivity (Wildman–Crippen MR) is 78.7 cm³/mol. The van der Waals surface area contributed by atoms with Crippen LogP contribution in [-0.2, 0) is 4.79 Å². The van der Waals surface area contributed by atoms with Crippen molar-refractivity contribution < 1.29 is 14.7 Å². The van der Waals surface area contributed by atoms with Crippen LogP contribution in [0.4, 0.5) is 4.79 Å². The van der Waals surface area contributed by atoms with E-state index in [0.29, 0.717) is 12.3 Å². The number of aliphatic carboxylic acids is 1. The number of unbranched alkanes of at least 4 members (excludes halogenated alkanes) is 1. The third-order valence-corrected chi connectivity index (χ3v) is 4.17. The highest BCUT2D eigenvalue weighted by atomic mass is 16.4. The van der Waals surface area contributed by atoms with Gasteiger partial charge in [0.25, 0.3) is 0 Å². The number of hydrogen-bond acceptors (Lipinski definition) is 2. The highest BCUT2D eigenvalue weighted by molar-refractivity contribution is 5.82. The lowest BCUT2D eigenvalue weighted by Gasteiger charge is -2.28. The van der Waals surface area contributed by atoms with Crippen molar-refractivity contribution in [1.29, 1.82) is 0 Å². The van der Waals surface area contributed by atoms with E-state index in [-0.39, 0.29) is 12.1 Å². The fourth-order valence-corrected chi connectivity index (χ4v) is 2.82. The van der Waals surface area contributed by atoms with Gasteiger partial charge in [-0.3, -0.25) is 0 Å². The number of amides is 2. The maximum absolute atomic E-state index is 11.9. The third-order valence-electron chi connectivity index (χ3n) is 4.17. The lowest BCUT2D eigenvalue weighted by atomic mass is 9.85. The van der Waals surface area contributed by atoms with Crippen LogP contribution in [0.3, 0.4) is 0 Å². The van der Waals surface area contributed by atoms with Gasteiger partial charge in [-0.1, -0.05) is 39.0 Å². The molecule has 0 heterocycles. The van der Waals surface area contributed by atoms with Crippen LogP contribution in [0.5, 0.6) is 0 Å². The van der Waals surface area contributed by atoms with Crippen molar-refractivity contribution >= 4 is 12.0 Å². The molecule has 0 bridgehead atoms. The summed E-state index contributed by atoms with van der Waals surface area (Å²) >= 11 is 0. The molecule has 20 heavy (non-hydrogen) atoms. The summed E-state index contributed by atoms with van der Waals surface area (Å²) in [5.41, 5.74) is 0. The Balaban J connectivity index is 2.37. The lowest BCUT2D eigenvalue weighted by molar-refractivity contribution is -0.139. The maximum atomic E-state index is 11.9. The minimum atomic E-state index is -0.959. The van der Waals surface area contributed by atoms with E-state index in [4.69, 9.17) is 5.11 Å². The van der Waals surface area contributed by atoms with Gasteiger partial charge in [-0.2, -0.15) is 0 Å². The minimum absolute atomic E-state index is 0.107. The van der Waals surface area contributed by atoms with Gasteiger partial charge in [-0.15, -0.1) is 0 Å². The molecule has 0 spiro atoms. The quantitative estimate of drug-likeness (QED) is 0.672. The van der Waals surface area contributed by atoms with E-state index in [1.807, 2.05) is 13.8 Å². The first kappa shape index (κ1) is 16.8. The molecule has 0 radical (unpaired) electrons. The number of rotatable bonds is 7. The molecular weight excluding hydrogens is 256 g/mol. The number of carbonyl (C=O) groups excluding carboxylic acids is 1. The SMILES string of the molecule is CCCCC(NC(=O)NC(C)C1CCCCC1)C(=O)O. The van der Waals surface area contributed by atoms with E-state index < -0.39 is 12.0 Å². The van der Waals surface area contributed by atoms with Gasteiger partial charge in [0.05, 0.1) is 0 Å². The second-order valence-electron chi connectivity index (χ2n) is 5.84. The Kier molecular flexibility index (Phi) is 7.41. The zero-order chi connectivity index (χ0) is 15.0. The molecule has 1 saturated carbocycles. The Morgan fingerprint density at radius 1 is 1.20 bits per heavy atom. The summed E-state index contributed by atoms with van der Waals surface area (Å²) in [5, 5.41) is 14.6. The Morgan fingerprint density at radius 2 is 1.85 bits per heavy atom. The van der Waals surface area contributed by atoms with Gasteiger partial charge in [0, 0.05) is 6.04 Å². The van der Waals surface area contributed by atoms with Gasteiger partial charge in [0.2, 0.25) is 0 Å². The summed E-state index contributed by atoms with van der Waals surface area (Å²) < 4.78 is 0. The number of carbonyl (C=O) groups is 2. The second kappa shape index (κ2) is 8.82. The average Bonchev–Trinajstić information content (AvgIpc) is 2.44. The largest absolute Gasteiger partial charge is 0.480 e. The van der Waals surface area contributed by atoms with Crippen molar-refractivity contribution in [2.45, 2.75) is 77.3 Å². The van der Waals surface area contributed by atoms with Crippen molar-refractivity contribution in [2.24, 2.45) is 5.92 Å². The fraction of sp³-hybridized carbons (Fsp3) is 0.867. The highest BCUT2D eigenvalue weighted by Crippen LogP contribution is 2.26. The smallest absolute Gasteiger partial charge is 0.326 e. The molecule has 1 aliphatic carbocycles. The standard InChI is InChI=1S/C15H28N2O3/c1-3-4-10-13(14(18)19)17-15(20)16-11(2)12-8-6-5-7-9-12/h11-13H,3-10H2,1-2H3,(H,18,19)(H2,16,17,20). The molecular formula is C15H28N2O3. The zero-order valence-electron chi connectivity index (χ0n) is 12.7. The van der Waals surface area contributed by atoms with E-state index in [2.05, 4.69) is 10.6 Å². The molecule has 116 valence electrons. The second-order valence-corrected chi connectivity index (χ2v) is 5.84. The normalized spacial score (nSPS) is 19.1. The Bertz CT molecular complexity index is 314. The lowest BCUT2D eigenvalue weighted by Crippen LogP contribution is -2.50. The van der Waals surface area contributed by atoms with Crippen molar-refractivity contribution in [1.82, 2.24) is 10.6 Å². The van der Waals surface area contributed by atoms with Crippen LogP contribution in [0.15, 0.2) is 0 Å². The Hall–Kier alpha value is -1.26. The average molecular weight is 284 g/mol. The van der Waals surface area contributed by atoms with E-state index in [1.54, 1.807) is 0 Å². The van der Waals surface area contributed by atoms with Gasteiger partial charge in [-0.25, -0.2) is 9.59 Å². The van der Waals surface area contributed by atoms with Crippen LogP contribution in [0.1, 0.15) is 65.2 Å². The first-order valence-electron chi connectivity index (χ1n) is 7.84. The molecule has 1 aliphatic rings. The summed E-state index contributed by atoms with van der Waals surface area (Å²) in [6, 6.07) is -1.03. The number of carboxylic acid groups (broad SMARTS) is 1.